The molecule has 0 fully saturated rings. The largest absolute Gasteiger partial charge is 0.456 e. The minimum absolute atomic E-state index is 0.263. The van der Waals surface area contributed by atoms with Crippen LogP contribution in [0.3, 0.4) is 0 Å². The average Bonchev–Trinajstić information content (AvgIpc) is 3.41. The minimum Gasteiger partial charge on any atom is -0.456 e. The van der Waals surface area contributed by atoms with Crippen LogP contribution in [0.15, 0.2) is 89.3 Å². The van der Waals surface area contributed by atoms with Crippen molar-refractivity contribution in [1.82, 2.24) is 9.55 Å². The van der Waals surface area contributed by atoms with E-state index in [4.69, 9.17) is 13.5 Å². The standard InChI is InChI=1S/C29H24N2O/c1-18(2)31-26-7-5-4-6-25(26)30-29(31)22-13-15-28-24(17-22)23-16-21(12-14-27(23)32-28)20-10-8-19(3)9-11-20/h4-18H,1-3H3/i3D3. The number of hydrogen-bond acceptors (Lipinski definition) is 2. The molecule has 0 N–H and O–H groups in total. The van der Waals surface area contributed by atoms with E-state index in [0.29, 0.717) is 5.56 Å². The zero-order valence-electron chi connectivity index (χ0n) is 21.0. The van der Waals surface area contributed by atoms with Gasteiger partial charge in [-0.05, 0) is 74.3 Å². The maximum absolute atomic E-state index is 7.61. The van der Waals surface area contributed by atoms with Crippen LogP contribution in [-0.4, -0.2) is 9.55 Å². The Hall–Kier alpha value is -3.85. The van der Waals surface area contributed by atoms with E-state index < -0.39 is 6.85 Å². The highest BCUT2D eigenvalue weighted by Crippen LogP contribution is 2.36. The summed E-state index contributed by atoms with van der Waals surface area (Å²) in [6.45, 7) is 2.24. The van der Waals surface area contributed by atoms with Gasteiger partial charge in [-0.1, -0.05) is 48.0 Å². The second-order valence-corrected chi connectivity index (χ2v) is 8.49. The molecule has 0 bridgehead atoms. The highest BCUT2D eigenvalue weighted by Gasteiger charge is 2.17. The lowest BCUT2D eigenvalue weighted by molar-refractivity contribution is 0.624. The van der Waals surface area contributed by atoms with Crippen LogP contribution in [0.25, 0.3) is 55.5 Å². The molecule has 32 heavy (non-hydrogen) atoms. The van der Waals surface area contributed by atoms with E-state index in [2.05, 4.69) is 42.7 Å². The van der Waals surface area contributed by atoms with Gasteiger partial charge in [-0.2, -0.15) is 0 Å². The lowest BCUT2D eigenvalue weighted by Crippen LogP contribution is -2.02. The van der Waals surface area contributed by atoms with Crippen LogP contribution in [0.4, 0.5) is 0 Å². The second-order valence-electron chi connectivity index (χ2n) is 8.49. The summed E-state index contributed by atoms with van der Waals surface area (Å²) in [5.74, 6) is 0.939. The Bertz CT molecular complexity index is 1710. The van der Waals surface area contributed by atoms with E-state index in [9.17, 15) is 0 Å². The number of fused-ring (bicyclic) bond motifs is 4. The van der Waals surface area contributed by atoms with Crippen LogP contribution in [0.2, 0.25) is 0 Å². The second kappa shape index (κ2) is 7.10. The van der Waals surface area contributed by atoms with Gasteiger partial charge in [0, 0.05) is 26.5 Å². The van der Waals surface area contributed by atoms with Crippen LogP contribution in [0.5, 0.6) is 0 Å². The van der Waals surface area contributed by atoms with Crippen molar-refractivity contribution in [2.24, 2.45) is 0 Å². The third-order valence-corrected chi connectivity index (χ3v) is 6.06. The van der Waals surface area contributed by atoms with Gasteiger partial charge in [0.15, 0.2) is 0 Å². The molecular formula is C29H24N2O. The molecule has 2 aromatic heterocycles. The molecule has 6 rings (SSSR count). The van der Waals surface area contributed by atoms with Gasteiger partial charge < -0.3 is 8.98 Å². The van der Waals surface area contributed by atoms with Crippen LogP contribution >= 0.6 is 0 Å². The van der Waals surface area contributed by atoms with E-state index in [1.54, 1.807) is 12.1 Å². The molecule has 0 spiro atoms. The third kappa shape index (κ3) is 2.93. The fourth-order valence-electron chi connectivity index (χ4n) is 4.53. The van der Waals surface area contributed by atoms with E-state index in [0.717, 1.165) is 55.5 Å². The van der Waals surface area contributed by atoms with Crippen molar-refractivity contribution in [2.45, 2.75) is 26.7 Å². The van der Waals surface area contributed by atoms with Crippen LogP contribution in [0.1, 0.15) is 29.6 Å². The lowest BCUT2D eigenvalue weighted by atomic mass is 10.0. The number of aromatic nitrogens is 2. The van der Waals surface area contributed by atoms with Crippen molar-refractivity contribution in [2.75, 3.05) is 0 Å². The van der Waals surface area contributed by atoms with E-state index in [-0.39, 0.29) is 6.04 Å². The van der Waals surface area contributed by atoms with Crippen molar-refractivity contribution in [1.29, 1.82) is 0 Å². The third-order valence-electron chi connectivity index (χ3n) is 6.06. The Balaban J connectivity index is 1.50. The topological polar surface area (TPSA) is 31.0 Å². The van der Waals surface area contributed by atoms with Gasteiger partial charge in [0.25, 0.3) is 0 Å². The van der Waals surface area contributed by atoms with Gasteiger partial charge >= 0.3 is 0 Å². The first-order valence-electron chi connectivity index (χ1n) is 12.3. The maximum Gasteiger partial charge on any atom is 0.141 e. The number of furan rings is 1. The Labute approximate surface area is 191 Å². The zero-order chi connectivity index (χ0) is 24.3. The maximum atomic E-state index is 7.61. The first-order valence-corrected chi connectivity index (χ1v) is 10.8. The van der Waals surface area contributed by atoms with Gasteiger partial charge in [-0.15, -0.1) is 0 Å². The number of para-hydroxylation sites is 2. The van der Waals surface area contributed by atoms with Crippen molar-refractivity contribution in [3.63, 3.8) is 0 Å². The molecule has 0 unspecified atom stereocenters. The Morgan fingerprint density at radius 1 is 0.781 bits per heavy atom. The lowest BCUT2D eigenvalue weighted by Gasteiger charge is -2.13. The fraction of sp³-hybridized carbons (Fsp3) is 0.138. The summed E-state index contributed by atoms with van der Waals surface area (Å²) >= 11 is 0. The highest BCUT2D eigenvalue weighted by atomic mass is 16.3. The summed E-state index contributed by atoms with van der Waals surface area (Å²) in [6, 6.07) is 27.9. The normalized spacial score (nSPS) is 13.7. The summed E-state index contributed by atoms with van der Waals surface area (Å²) in [6.07, 6.45) is 0. The highest BCUT2D eigenvalue weighted by molar-refractivity contribution is 6.07. The van der Waals surface area contributed by atoms with E-state index in [1.807, 2.05) is 48.5 Å². The van der Waals surface area contributed by atoms with Crippen LogP contribution in [-0.2, 0) is 0 Å². The molecule has 156 valence electrons. The van der Waals surface area contributed by atoms with Gasteiger partial charge in [-0.3, -0.25) is 0 Å². The molecule has 0 saturated carbocycles. The molecule has 0 aliphatic heterocycles. The van der Waals surface area contributed by atoms with Gasteiger partial charge in [-0.25, -0.2) is 4.98 Å². The van der Waals surface area contributed by atoms with Crippen LogP contribution in [0, 0.1) is 6.85 Å². The summed E-state index contributed by atoms with van der Waals surface area (Å²) in [7, 11) is 0. The predicted octanol–water partition coefficient (Wildman–Crippen LogP) is 8.16. The molecule has 3 nitrogen and oxygen atoms in total. The number of hydrogen-bond donors (Lipinski definition) is 0. The monoisotopic (exact) mass is 419 g/mol. The summed E-state index contributed by atoms with van der Waals surface area (Å²) < 4.78 is 31.2. The smallest absolute Gasteiger partial charge is 0.141 e. The van der Waals surface area contributed by atoms with Crippen molar-refractivity contribution < 1.29 is 8.53 Å². The summed E-state index contributed by atoms with van der Waals surface area (Å²) in [5.41, 5.74) is 7.10. The quantitative estimate of drug-likeness (QED) is 0.290. The van der Waals surface area contributed by atoms with Crippen LogP contribution < -0.4 is 0 Å². The molecule has 0 aliphatic rings. The summed E-state index contributed by atoms with van der Waals surface area (Å²) in [5, 5.41) is 2.05. The molecule has 4 aromatic carbocycles. The van der Waals surface area contributed by atoms with Crippen molar-refractivity contribution in [3.8, 4) is 22.5 Å². The molecule has 3 heteroatoms. The number of rotatable bonds is 3. The molecule has 0 aliphatic carbocycles. The van der Waals surface area contributed by atoms with Crippen molar-refractivity contribution in [3.05, 3.63) is 90.5 Å². The summed E-state index contributed by atoms with van der Waals surface area (Å²) in [4.78, 5) is 4.95. The number of aryl methyl sites for hydroxylation is 1. The number of imidazole rings is 1. The minimum atomic E-state index is -2.11. The molecule has 2 heterocycles. The number of benzene rings is 4. The molecule has 0 saturated heterocycles. The molecule has 0 radical (unpaired) electrons. The Morgan fingerprint density at radius 3 is 2.16 bits per heavy atom. The van der Waals surface area contributed by atoms with E-state index >= 15 is 0 Å². The SMILES string of the molecule is [2H]C([2H])([2H])c1ccc(-c2ccc3oc4ccc(-c5nc6ccccc6n5C(C)C)cc4c3c2)cc1. The zero-order valence-corrected chi connectivity index (χ0v) is 18.0. The Kier molecular flexibility index (Phi) is 3.52. The first-order chi connectivity index (χ1) is 16.8. The molecule has 0 atom stereocenters. The van der Waals surface area contributed by atoms with Gasteiger partial charge in [0.05, 0.1) is 11.0 Å². The predicted molar refractivity (Wildman–Crippen MR) is 133 cm³/mol. The van der Waals surface area contributed by atoms with Crippen molar-refractivity contribution >= 4 is 33.0 Å². The Morgan fingerprint density at radius 2 is 1.44 bits per heavy atom. The molecule has 0 amide bonds. The van der Waals surface area contributed by atoms with Gasteiger partial charge in [0.1, 0.15) is 17.0 Å². The molecule has 6 aromatic rings. The molecular weight excluding hydrogens is 392 g/mol. The number of nitrogens with zero attached hydrogens (tertiary/aromatic N) is 2. The fourth-order valence-corrected chi connectivity index (χ4v) is 4.53. The first kappa shape index (κ1) is 15.9. The van der Waals surface area contributed by atoms with E-state index in [1.165, 1.54) is 0 Å². The van der Waals surface area contributed by atoms with Gasteiger partial charge in [0.2, 0.25) is 0 Å². The average molecular weight is 420 g/mol.